The van der Waals surface area contributed by atoms with Crippen LogP contribution in [0.1, 0.15) is 36.7 Å². The van der Waals surface area contributed by atoms with Gasteiger partial charge < -0.3 is 9.64 Å². The molecule has 5 nitrogen and oxygen atoms in total. The summed E-state index contributed by atoms with van der Waals surface area (Å²) in [5.41, 5.74) is -0.383. The fourth-order valence-electron chi connectivity index (χ4n) is 3.74. The Balaban J connectivity index is 1.93. The second kappa shape index (κ2) is 4.58. The Kier molecular flexibility index (Phi) is 3.00. The standard InChI is InChI=1S/C15H18N2O3/c1-10-7-11-9-15(8-10,14(19)20-2)17(11)13(18)12-5-3-4-6-16-12/h3-6,10-11H,7-9H2,1-2H3/t10-,11-,15+/m0/s1. The zero-order chi connectivity index (χ0) is 14.3. The molecule has 3 rings (SSSR count). The number of nitrogens with zero attached hydrogens (tertiary/aromatic N) is 2. The number of piperidine rings is 1. The zero-order valence-electron chi connectivity index (χ0n) is 11.7. The van der Waals surface area contributed by atoms with Crippen LogP contribution in [0.25, 0.3) is 0 Å². The molecule has 0 unspecified atom stereocenters. The van der Waals surface area contributed by atoms with E-state index < -0.39 is 5.54 Å². The zero-order valence-corrected chi connectivity index (χ0v) is 11.7. The van der Waals surface area contributed by atoms with Crippen LogP contribution in [0.5, 0.6) is 0 Å². The van der Waals surface area contributed by atoms with Gasteiger partial charge >= 0.3 is 5.97 Å². The Morgan fingerprint density at radius 1 is 1.40 bits per heavy atom. The van der Waals surface area contributed by atoms with Crippen molar-refractivity contribution in [2.24, 2.45) is 5.92 Å². The van der Waals surface area contributed by atoms with E-state index in [1.54, 1.807) is 29.3 Å². The minimum atomic E-state index is -0.772. The van der Waals surface area contributed by atoms with Gasteiger partial charge in [0.15, 0.2) is 0 Å². The molecule has 1 saturated heterocycles. The summed E-state index contributed by atoms with van der Waals surface area (Å²) in [7, 11) is 1.38. The molecule has 1 aliphatic heterocycles. The Hall–Kier alpha value is -1.91. The molecule has 3 atom stereocenters. The van der Waals surface area contributed by atoms with Crippen molar-refractivity contribution in [3.8, 4) is 0 Å². The molecule has 5 heteroatoms. The molecule has 20 heavy (non-hydrogen) atoms. The summed E-state index contributed by atoms with van der Waals surface area (Å²) in [5.74, 6) is -0.0376. The van der Waals surface area contributed by atoms with Gasteiger partial charge in [-0.25, -0.2) is 4.79 Å². The number of carbonyl (C=O) groups excluding carboxylic acids is 2. The van der Waals surface area contributed by atoms with E-state index in [0.717, 1.165) is 6.42 Å². The highest BCUT2D eigenvalue weighted by molar-refractivity contribution is 5.98. The van der Waals surface area contributed by atoms with Gasteiger partial charge in [-0.05, 0) is 30.9 Å². The lowest BCUT2D eigenvalue weighted by Crippen LogP contribution is -2.75. The highest BCUT2D eigenvalue weighted by atomic mass is 16.5. The smallest absolute Gasteiger partial charge is 0.331 e. The van der Waals surface area contributed by atoms with Crippen molar-refractivity contribution >= 4 is 11.9 Å². The van der Waals surface area contributed by atoms with E-state index >= 15 is 0 Å². The van der Waals surface area contributed by atoms with Crippen LogP contribution in [0, 0.1) is 5.92 Å². The maximum atomic E-state index is 12.6. The lowest BCUT2D eigenvalue weighted by molar-refractivity contribution is -0.178. The number of rotatable bonds is 2. The number of likely N-dealkylation sites (tertiary alicyclic amines) is 1. The van der Waals surface area contributed by atoms with Gasteiger partial charge in [-0.15, -0.1) is 0 Å². The second-order valence-electron chi connectivity index (χ2n) is 5.82. The summed E-state index contributed by atoms with van der Waals surface area (Å²) >= 11 is 0. The Morgan fingerprint density at radius 2 is 2.20 bits per heavy atom. The SMILES string of the molecule is COC(=O)[C@@]12C[C@@H](C)C[C@@H](C1)N2C(=O)c1ccccn1. The van der Waals surface area contributed by atoms with Gasteiger partial charge in [-0.3, -0.25) is 9.78 Å². The summed E-state index contributed by atoms with van der Waals surface area (Å²) in [6.07, 6.45) is 3.92. The summed E-state index contributed by atoms with van der Waals surface area (Å²) in [6, 6.07) is 5.37. The van der Waals surface area contributed by atoms with Gasteiger partial charge in [0, 0.05) is 18.7 Å². The predicted octanol–water partition coefficient (Wildman–Crippen LogP) is 1.64. The molecule has 1 amide bonds. The van der Waals surface area contributed by atoms with Crippen LogP contribution in [-0.4, -0.2) is 40.5 Å². The van der Waals surface area contributed by atoms with E-state index in [9.17, 15) is 9.59 Å². The normalized spacial score (nSPS) is 31.4. The first-order valence-corrected chi connectivity index (χ1v) is 6.91. The van der Waals surface area contributed by atoms with Crippen LogP contribution in [0.3, 0.4) is 0 Å². The van der Waals surface area contributed by atoms with Gasteiger partial charge in [-0.1, -0.05) is 13.0 Å². The van der Waals surface area contributed by atoms with Crippen molar-refractivity contribution in [3.05, 3.63) is 30.1 Å². The number of hydrogen-bond acceptors (Lipinski definition) is 4. The Morgan fingerprint density at radius 3 is 2.85 bits per heavy atom. The van der Waals surface area contributed by atoms with E-state index in [0.29, 0.717) is 24.5 Å². The molecule has 0 N–H and O–H groups in total. The minimum Gasteiger partial charge on any atom is -0.467 e. The number of hydrogen-bond donors (Lipinski definition) is 0. The van der Waals surface area contributed by atoms with Crippen molar-refractivity contribution in [2.45, 2.75) is 37.8 Å². The highest BCUT2D eigenvalue weighted by Gasteiger charge is 2.63. The lowest BCUT2D eigenvalue weighted by atomic mass is 9.64. The number of pyridine rings is 1. The topological polar surface area (TPSA) is 59.5 Å². The first-order valence-electron chi connectivity index (χ1n) is 6.91. The van der Waals surface area contributed by atoms with Crippen LogP contribution in [0.4, 0.5) is 0 Å². The molecule has 2 fully saturated rings. The molecule has 0 aromatic carbocycles. The van der Waals surface area contributed by atoms with Gasteiger partial charge in [-0.2, -0.15) is 0 Å². The molecular weight excluding hydrogens is 256 g/mol. The van der Waals surface area contributed by atoms with E-state index in [1.165, 1.54) is 7.11 Å². The second-order valence-corrected chi connectivity index (χ2v) is 5.82. The Labute approximate surface area is 117 Å². The average Bonchev–Trinajstić information content (AvgIpc) is 2.46. The number of methoxy groups -OCH3 is 1. The first kappa shape index (κ1) is 13.1. The van der Waals surface area contributed by atoms with E-state index in [2.05, 4.69) is 11.9 Å². The van der Waals surface area contributed by atoms with Crippen LogP contribution in [0.2, 0.25) is 0 Å². The molecule has 106 valence electrons. The van der Waals surface area contributed by atoms with Crippen molar-refractivity contribution in [1.29, 1.82) is 0 Å². The Bertz CT molecular complexity index is 545. The number of aromatic nitrogens is 1. The summed E-state index contributed by atoms with van der Waals surface area (Å²) in [4.78, 5) is 30.6. The van der Waals surface area contributed by atoms with Gasteiger partial charge in [0.25, 0.3) is 5.91 Å². The third kappa shape index (κ3) is 1.72. The summed E-state index contributed by atoms with van der Waals surface area (Å²) < 4.78 is 4.94. The van der Waals surface area contributed by atoms with Crippen molar-refractivity contribution in [3.63, 3.8) is 0 Å². The molecule has 1 saturated carbocycles. The third-order valence-electron chi connectivity index (χ3n) is 4.43. The maximum Gasteiger partial charge on any atom is 0.331 e. The van der Waals surface area contributed by atoms with Crippen LogP contribution in [-0.2, 0) is 9.53 Å². The molecule has 1 aliphatic carbocycles. The number of ether oxygens (including phenoxy) is 1. The molecular formula is C15H18N2O3. The summed E-state index contributed by atoms with van der Waals surface area (Å²) in [5, 5.41) is 0. The first-order chi connectivity index (χ1) is 9.58. The highest BCUT2D eigenvalue weighted by Crippen LogP contribution is 2.50. The van der Waals surface area contributed by atoms with Gasteiger partial charge in [0.05, 0.1) is 7.11 Å². The fourth-order valence-corrected chi connectivity index (χ4v) is 3.74. The van der Waals surface area contributed by atoms with Crippen molar-refractivity contribution in [2.75, 3.05) is 7.11 Å². The average molecular weight is 274 g/mol. The number of esters is 1. The fraction of sp³-hybridized carbons (Fsp3) is 0.533. The van der Waals surface area contributed by atoms with Crippen LogP contribution >= 0.6 is 0 Å². The van der Waals surface area contributed by atoms with E-state index in [1.807, 2.05) is 0 Å². The number of fused-ring (bicyclic) bond motifs is 2. The van der Waals surface area contributed by atoms with Crippen LogP contribution < -0.4 is 0 Å². The van der Waals surface area contributed by atoms with E-state index in [4.69, 9.17) is 4.74 Å². The number of amides is 1. The quantitative estimate of drug-likeness (QED) is 0.769. The third-order valence-corrected chi connectivity index (χ3v) is 4.43. The summed E-state index contributed by atoms with van der Waals surface area (Å²) in [6.45, 7) is 2.12. The van der Waals surface area contributed by atoms with E-state index in [-0.39, 0.29) is 17.9 Å². The maximum absolute atomic E-state index is 12.6. The molecule has 2 bridgehead atoms. The molecule has 0 spiro atoms. The minimum absolute atomic E-state index is 0.132. The molecule has 2 aliphatic rings. The van der Waals surface area contributed by atoms with Gasteiger partial charge in [0.2, 0.25) is 0 Å². The van der Waals surface area contributed by atoms with Crippen molar-refractivity contribution < 1.29 is 14.3 Å². The molecule has 2 heterocycles. The number of carbonyl (C=O) groups is 2. The van der Waals surface area contributed by atoms with Crippen molar-refractivity contribution in [1.82, 2.24) is 9.88 Å². The largest absolute Gasteiger partial charge is 0.467 e. The molecule has 0 radical (unpaired) electrons. The molecule has 1 aromatic heterocycles. The van der Waals surface area contributed by atoms with Gasteiger partial charge in [0.1, 0.15) is 11.2 Å². The van der Waals surface area contributed by atoms with Crippen LogP contribution in [0.15, 0.2) is 24.4 Å². The lowest BCUT2D eigenvalue weighted by Gasteiger charge is -2.61. The predicted molar refractivity (Wildman–Crippen MR) is 72.0 cm³/mol. The monoisotopic (exact) mass is 274 g/mol. The molecule has 1 aromatic rings.